The maximum absolute atomic E-state index is 10.8. The lowest BCUT2D eigenvalue weighted by Gasteiger charge is -2.26. The molecule has 2 rings (SSSR count). The van der Waals surface area contributed by atoms with Crippen LogP contribution in [0.2, 0.25) is 0 Å². The summed E-state index contributed by atoms with van der Waals surface area (Å²) in [5.74, 6) is -0.193. The molecule has 0 bridgehead atoms. The quantitative estimate of drug-likeness (QED) is 0.550. The molecule has 68 valence electrons. The standard InChI is InChI=1S/C9H14O3/c1-7-2-3-9(8(7)6-10)11-4-5-12-9/h6-8H,2-5H2,1H3/t7-,8+/m1/s1. The highest BCUT2D eigenvalue weighted by Gasteiger charge is 2.51. The van der Waals surface area contributed by atoms with Gasteiger partial charge in [0.2, 0.25) is 0 Å². The molecule has 12 heavy (non-hydrogen) atoms. The number of ether oxygens (including phenoxy) is 2. The molecule has 0 amide bonds. The Balaban J connectivity index is 2.19. The van der Waals surface area contributed by atoms with E-state index in [2.05, 4.69) is 6.92 Å². The Labute approximate surface area is 72.0 Å². The van der Waals surface area contributed by atoms with E-state index in [1.165, 1.54) is 0 Å². The van der Waals surface area contributed by atoms with Gasteiger partial charge in [0, 0.05) is 6.42 Å². The van der Waals surface area contributed by atoms with E-state index in [4.69, 9.17) is 9.47 Å². The van der Waals surface area contributed by atoms with Crippen LogP contribution in [0, 0.1) is 11.8 Å². The van der Waals surface area contributed by atoms with Crippen molar-refractivity contribution >= 4 is 6.29 Å². The van der Waals surface area contributed by atoms with Gasteiger partial charge < -0.3 is 14.3 Å². The molecule has 1 aliphatic carbocycles. The van der Waals surface area contributed by atoms with E-state index in [1.54, 1.807) is 0 Å². The van der Waals surface area contributed by atoms with Crippen LogP contribution < -0.4 is 0 Å². The lowest BCUT2D eigenvalue weighted by molar-refractivity contribution is -0.183. The van der Waals surface area contributed by atoms with Gasteiger partial charge in [-0.05, 0) is 12.3 Å². The van der Waals surface area contributed by atoms with Crippen LogP contribution in [-0.4, -0.2) is 25.3 Å². The summed E-state index contributed by atoms with van der Waals surface area (Å²) >= 11 is 0. The Bertz CT molecular complexity index is 184. The number of hydrogen-bond donors (Lipinski definition) is 0. The Morgan fingerprint density at radius 3 is 2.67 bits per heavy atom. The van der Waals surface area contributed by atoms with Crippen LogP contribution in [0.15, 0.2) is 0 Å². The third-order valence-corrected chi connectivity index (χ3v) is 2.99. The maximum Gasteiger partial charge on any atom is 0.178 e. The van der Waals surface area contributed by atoms with Gasteiger partial charge in [-0.3, -0.25) is 0 Å². The van der Waals surface area contributed by atoms with E-state index in [1.807, 2.05) is 0 Å². The first-order valence-corrected chi connectivity index (χ1v) is 4.52. The first kappa shape index (κ1) is 8.20. The van der Waals surface area contributed by atoms with Gasteiger partial charge in [-0.1, -0.05) is 6.92 Å². The zero-order chi connectivity index (χ0) is 8.60. The van der Waals surface area contributed by atoms with E-state index in [-0.39, 0.29) is 5.92 Å². The van der Waals surface area contributed by atoms with Gasteiger partial charge in [0.15, 0.2) is 5.79 Å². The van der Waals surface area contributed by atoms with Gasteiger partial charge in [0.05, 0.1) is 19.1 Å². The fourth-order valence-corrected chi connectivity index (χ4v) is 2.25. The van der Waals surface area contributed by atoms with Crippen LogP contribution in [0.4, 0.5) is 0 Å². The largest absolute Gasteiger partial charge is 0.347 e. The summed E-state index contributed by atoms with van der Waals surface area (Å²) < 4.78 is 11.0. The summed E-state index contributed by atoms with van der Waals surface area (Å²) in [5.41, 5.74) is 0. The maximum atomic E-state index is 10.8. The minimum absolute atomic E-state index is 0.0556. The fourth-order valence-electron chi connectivity index (χ4n) is 2.25. The first-order chi connectivity index (χ1) is 5.78. The van der Waals surface area contributed by atoms with Crippen molar-refractivity contribution in [3.05, 3.63) is 0 Å². The molecule has 3 heteroatoms. The highest BCUT2D eigenvalue weighted by atomic mass is 16.7. The van der Waals surface area contributed by atoms with Gasteiger partial charge in [-0.25, -0.2) is 0 Å². The third-order valence-electron chi connectivity index (χ3n) is 2.99. The average molecular weight is 170 g/mol. The summed E-state index contributed by atoms with van der Waals surface area (Å²) in [6, 6.07) is 0. The van der Waals surface area contributed by atoms with Crippen LogP contribution in [-0.2, 0) is 14.3 Å². The number of rotatable bonds is 1. The number of aldehydes is 1. The number of carbonyl (C=O) groups excluding carboxylic acids is 1. The van der Waals surface area contributed by atoms with Crippen molar-refractivity contribution < 1.29 is 14.3 Å². The summed E-state index contributed by atoms with van der Waals surface area (Å²) in [6.45, 7) is 3.35. The van der Waals surface area contributed by atoms with Crippen molar-refractivity contribution in [3.63, 3.8) is 0 Å². The SMILES string of the molecule is C[C@@H]1CCC2(OCCO2)[C@H]1C=O. The molecule has 1 saturated carbocycles. The zero-order valence-corrected chi connectivity index (χ0v) is 7.29. The third kappa shape index (κ3) is 1.00. The van der Waals surface area contributed by atoms with E-state index in [9.17, 15) is 4.79 Å². The van der Waals surface area contributed by atoms with Gasteiger partial charge in [0.25, 0.3) is 0 Å². The molecule has 0 N–H and O–H groups in total. The molecular formula is C9H14O3. The summed E-state index contributed by atoms with van der Waals surface area (Å²) in [6.07, 6.45) is 2.89. The second-order valence-electron chi connectivity index (χ2n) is 3.69. The van der Waals surface area contributed by atoms with E-state index >= 15 is 0 Å². The summed E-state index contributed by atoms with van der Waals surface area (Å²) in [7, 11) is 0. The van der Waals surface area contributed by atoms with Gasteiger partial charge >= 0.3 is 0 Å². The fraction of sp³-hybridized carbons (Fsp3) is 0.889. The molecule has 0 radical (unpaired) electrons. The Kier molecular flexibility index (Phi) is 1.93. The van der Waals surface area contributed by atoms with Gasteiger partial charge in [-0.15, -0.1) is 0 Å². The molecule has 0 aromatic rings. The minimum atomic E-state index is -0.541. The second-order valence-corrected chi connectivity index (χ2v) is 3.69. The molecule has 0 unspecified atom stereocenters. The smallest absolute Gasteiger partial charge is 0.178 e. The van der Waals surface area contributed by atoms with Crippen LogP contribution in [0.5, 0.6) is 0 Å². The highest BCUT2D eigenvalue weighted by Crippen LogP contribution is 2.44. The molecule has 2 fully saturated rings. The predicted octanol–water partition coefficient (Wildman–Crippen LogP) is 0.974. The molecule has 2 atom stereocenters. The van der Waals surface area contributed by atoms with Crippen molar-refractivity contribution in [2.75, 3.05) is 13.2 Å². The van der Waals surface area contributed by atoms with Crippen LogP contribution in [0.1, 0.15) is 19.8 Å². The lowest BCUT2D eigenvalue weighted by atomic mass is 9.96. The molecule has 1 spiro atoms. The second kappa shape index (κ2) is 2.82. The molecule has 3 nitrogen and oxygen atoms in total. The number of carbonyl (C=O) groups is 1. The molecule has 0 aromatic heterocycles. The summed E-state index contributed by atoms with van der Waals surface area (Å²) in [4.78, 5) is 10.8. The Hall–Kier alpha value is -0.410. The highest BCUT2D eigenvalue weighted by molar-refractivity contribution is 5.56. The van der Waals surface area contributed by atoms with Gasteiger partial charge in [0.1, 0.15) is 6.29 Å². The molecule has 1 heterocycles. The molecule has 1 saturated heterocycles. The summed E-state index contributed by atoms with van der Waals surface area (Å²) in [5, 5.41) is 0. The normalized spacial score (nSPS) is 39.1. The van der Waals surface area contributed by atoms with Crippen LogP contribution in [0.25, 0.3) is 0 Å². The number of hydrogen-bond acceptors (Lipinski definition) is 3. The van der Waals surface area contributed by atoms with Crippen molar-refractivity contribution in [1.29, 1.82) is 0 Å². The first-order valence-electron chi connectivity index (χ1n) is 4.52. The molecular weight excluding hydrogens is 156 g/mol. The van der Waals surface area contributed by atoms with Gasteiger partial charge in [-0.2, -0.15) is 0 Å². The molecule has 0 aromatic carbocycles. The minimum Gasteiger partial charge on any atom is -0.347 e. The van der Waals surface area contributed by atoms with Crippen LogP contribution >= 0.6 is 0 Å². The topological polar surface area (TPSA) is 35.5 Å². The molecule has 1 aliphatic heterocycles. The van der Waals surface area contributed by atoms with E-state index < -0.39 is 5.79 Å². The van der Waals surface area contributed by atoms with Crippen molar-refractivity contribution in [2.45, 2.75) is 25.6 Å². The Morgan fingerprint density at radius 1 is 1.42 bits per heavy atom. The average Bonchev–Trinajstić information content (AvgIpc) is 2.63. The zero-order valence-electron chi connectivity index (χ0n) is 7.29. The predicted molar refractivity (Wildman–Crippen MR) is 42.6 cm³/mol. The Morgan fingerprint density at radius 2 is 2.08 bits per heavy atom. The molecule has 2 aliphatic rings. The monoisotopic (exact) mass is 170 g/mol. The lowest BCUT2D eigenvalue weighted by Crippen LogP contribution is -2.37. The van der Waals surface area contributed by atoms with Crippen molar-refractivity contribution in [2.24, 2.45) is 11.8 Å². The van der Waals surface area contributed by atoms with Crippen molar-refractivity contribution in [3.8, 4) is 0 Å². The van der Waals surface area contributed by atoms with Crippen LogP contribution in [0.3, 0.4) is 0 Å². The van der Waals surface area contributed by atoms with Crippen molar-refractivity contribution in [1.82, 2.24) is 0 Å². The van der Waals surface area contributed by atoms with E-state index in [0.717, 1.165) is 19.1 Å². The van der Waals surface area contributed by atoms with E-state index in [0.29, 0.717) is 19.1 Å².